The molecule has 1 amide bonds. The summed E-state index contributed by atoms with van der Waals surface area (Å²) >= 11 is 0. The molecule has 4 rings (SSSR count). The van der Waals surface area contributed by atoms with E-state index in [1.165, 1.54) is 37.4 Å². The van der Waals surface area contributed by atoms with Gasteiger partial charge in [-0.2, -0.15) is 13.2 Å². The Bertz CT molecular complexity index is 1360. The van der Waals surface area contributed by atoms with Crippen molar-refractivity contribution in [3.05, 3.63) is 42.0 Å². The zero-order valence-electron chi connectivity index (χ0n) is 22.2. The monoisotopic (exact) mass is 579 g/mol. The van der Waals surface area contributed by atoms with Crippen molar-refractivity contribution in [1.82, 2.24) is 15.1 Å². The molecule has 15 heteroatoms. The van der Waals surface area contributed by atoms with Gasteiger partial charge in [-0.05, 0) is 37.2 Å². The van der Waals surface area contributed by atoms with E-state index in [1.54, 1.807) is 6.07 Å². The molecule has 0 aliphatic carbocycles. The van der Waals surface area contributed by atoms with E-state index in [4.69, 9.17) is 18.6 Å². The number of halogens is 3. The molecule has 1 fully saturated rings. The molecule has 2 heterocycles. The van der Waals surface area contributed by atoms with Crippen molar-refractivity contribution >= 4 is 23.6 Å². The summed E-state index contributed by atoms with van der Waals surface area (Å²) in [5.74, 6) is -3.80. The SMILES string of the molecule is COc1cc(NC(=O)c2cccc(OC)c2OC(=O)C(F)(F)F)ccc1-c1nnc(NCCCN2CCOCC2)o1. The minimum Gasteiger partial charge on any atom is -0.496 e. The fraction of sp³-hybridized carbons (Fsp3) is 0.385. The summed E-state index contributed by atoms with van der Waals surface area (Å²) in [5, 5.41) is 13.7. The van der Waals surface area contributed by atoms with E-state index in [9.17, 15) is 22.8 Å². The molecule has 12 nitrogen and oxygen atoms in total. The molecule has 0 saturated carbocycles. The number of para-hydroxylation sites is 1. The van der Waals surface area contributed by atoms with E-state index in [2.05, 4.69) is 30.5 Å². The van der Waals surface area contributed by atoms with Crippen LogP contribution in [0, 0.1) is 0 Å². The molecule has 1 aliphatic rings. The molecule has 3 aromatic rings. The Hall–Kier alpha value is -4.37. The van der Waals surface area contributed by atoms with Crippen LogP contribution in [0.5, 0.6) is 17.2 Å². The molecular weight excluding hydrogens is 551 g/mol. The topological polar surface area (TPSA) is 137 Å². The summed E-state index contributed by atoms with van der Waals surface area (Å²) in [7, 11) is 2.57. The standard InChI is InChI=1S/C26H28F3N5O7/c1-37-19-6-3-5-18(21(19)40-24(36)26(27,28)29)22(35)31-16-7-8-17(20(15-16)38-2)23-32-33-25(41-23)30-9-4-10-34-11-13-39-14-12-34/h3,5-8,15H,4,9-14H2,1-2H3,(H,30,33)(H,31,35). The van der Waals surface area contributed by atoms with Gasteiger partial charge in [0, 0.05) is 31.4 Å². The molecule has 41 heavy (non-hydrogen) atoms. The second-order valence-electron chi connectivity index (χ2n) is 8.74. The van der Waals surface area contributed by atoms with Crippen LogP contribution in [-0.4, -0.2) is 86.8 Å². The first-order valence-corrected chi connectivity index (χ1v) is 12.5. The van der Waals surface area contributed by atoms with Crippen molar-refractivity contribution in [1.29, 1.82) is 0 Å². The van der Waals surface area contributed by atoms with Crippen LogP contribution in [0.15, 0.2) is 40.8 Å². The maximum absolute atomic E-state index is 13.0. The number of morpholine rings is 1. The smallest absolute Gasteiger partial charge is 0.491 e. The van der Waals surface area contributed by atoms with Crippen LogP contribution in [-0.2, 0) is 9.53 Å². The predicted octanol–water partition coefficient (Wildman–Crippen LogP) is 3.61. The fourth-order valence-electron chi connectivity index (χ4n) is 3.98. The van der Waals surface area contributed by atoms with Crippen LogP contribution in [0.1, 0.15) is 16.8 Å². The van der Waals surface area contributed by atoms with Crippen molar-refractivity contribution in [3.63, 3.8) is 0 Å². The van der Waals surface area contributed by atoms with Crippen molar-refractivity contribution in [2.75, 3.05) is 64.2 Å². The van der Waals surface area contributed by atoms with Crippen LogP contribution >= 0.6 is 0 Å². The Morgan fingerprint density at radius 1 is 1.05 bits per heavy atom. The molecule has 0 unspecified atom stereocenters. The number of benzene rings is 2. The molecule has 0 spiro atoms. The highest BCUT2D eigenvalue weighted by atomic mass is 19.4. The van der Waals surface area contributed by atoms with Crippen molar-refractivity contribution in [3.8, 4) is 28.7 Å². The molecule has 0 atom stereocenters. The second-order valence-corrected chi connectivity index (χ2v) is 8.74. The number of aromatic nitrogens is 2. The number of amides is 1. The fourth-order valence-corrected chi connectivity index (χ4v) is 3.98. The quantitative estimate of drug-likeness (QED) is 0.196. The second kappa shape index (κ2) is 13.3. The van der Waals surface area contributed by atoms with Crippen molar-refractivity contribution < 1.29 is 46.1 Å². The van der Waals surface area contributed by atoms with Crippen LogP contribution < -0.4 is 24.8 Å². The molecule has 1 aliphatic heterocycles. The molecular formula is C26H28F3N5O7. The van der Waals surface area contributed by atoms with Crippen LogP contribution in [0.25, 0.3) is 11.5 Å². The van der Waals surface area contributed by atoms with Crippen LogP contribution in [0.4, 0.5) is 24.9 Å². The molecule has 1 aromatic heterocycles. The summed E-state index contributed by atoms with van der Waals surface area (Å²) in [6, 6.07) is 8.60. The van der Waals surface area contributed by atoms with E-state index >= 15 is 0 Å². The van der Waals surface area contributed by atoms with Gasteiger partial charge in [0.1, 0.15) is 5.75 Å². The number of hydrogen-bond acceptors (Lipinski definition) is 11. The number of nitrogens with zero attached hydrogens (tertiary/aromatic N) is 3. The van der Waals surface area contributed by atoms with Gasteiger partial charge in [-0.25, -0.2) is 4.79 Å². The third-order valence-electron chi connectivity index (χ3n) is 6.02. The first-order valence-electron chi connectivity index (χ1n) is 12.5. The van der Waals surface area contributed by atoms with E-state index in [0.29, 0.717) is 12.1 Å². The lowest BCUT2D eigenvalue weighted by molar-refractivity contribution is -0.189. The lowest BCUT2D eigenvalue weighted by Gasteiger charge is -2.26. The molecule has 2 aromatic carbocycles. The molecule has 1 saturated heterocycles. The van der Waals surface area contributed by atoms with Gasteiger partial charge in [0.25, 0.3) is 11.8 Å². The van der Waals surface area contributed by atoms with Gasteiger partial charge in [0.05, 0.1) is 38.6 Å². The zero-order chi connectivity index (χ0) is 29.4. The number of carbonyl (C=O) groups excluding carboxylic acids is 2. The van der Waals surface area contributed by atoms with Crippen LogP contribution in [0.3, 0.4) is 0 Å². The van der Waals surface area contributed by atoms with E-state index in [-0.39, 0.29) is 34.7 Å². The maximum Gasteiger partial charge on any atom is 0.491 e. The number of esters is 1. The number of alkyl halides is 3. The molecule has 0 bridgehead atoms. The Balaban J connectivity index is 1.43. The number of nitrogens with one attached hydrogen (secondary N) is 2. The Labute approximate surface area is 232 Å². The van der Waals surface area contributed by atoms with Gasteiger partial charge < -0.3 is 34.0 Å². The third kappa shape index (κ3) is 7.64. The number of rotatable bonds is 11. The van der Waals surface area contributed by atoms with Gasteiger partial charge in [0.15, 0.2) is 11.5 Å². The highest BCUT2D eigenvalue weighted by Crippen LogP contribution is 2.35. The third-order valence-corrected chi connectivity index (χ3v) is 6.02. The first-order chi connectivity index (χ1) is 19.7. The number of hydrogen-bond donors (Lipinski definition) is 2. The lowest BCUT2D eigenvalue weighted by Crippen LogP contribution is -2.37. The highest BCUT2D eigenvalue weighted by molar-refractivity contribution is 6.07. The predicted molar refractivity (Wildman–Crippen MR) is 139 cm³/mol. The summed E-state index contributed by atoms with van der Waals surface area (Å²) in [6.45, 7) is 4.85. The number of carbonyl (C=O) groups is 2. The highest BCUT2D eigenvalue weighted by Gasteiger charge is 2.42. The van der Waals surface area contributed by atoms with E-state index < -0.39 is 23.8 Å². The molecule has 220 valence electrons. The van der Waals surface area contributed by atoms with Crippen molar-refractivity contribution in [2.45, 2.75) is 12.6 Å². The lowest BCUT2D eigenvalue weighted by atomic mass is 10.1. The summed E-state index contributed by atoms with van der Waals surface area (Å²) in [5.41, 5.74) is 0.319. The Morgan fingerprint density at radius 2 is 1.80 bits per heavy atom. The van der Waals surface area contributed by atoms with Gasteiger partial charge in [-0.15, -0.1) is 5.10 Å². The number of methoxy groups -OCH3 is 2. The summed E-state index contributed by atoms with van der Waals surface area (Å²) < 4.78 is 64.3. The van der Waals surface area contributed by atoms with E-state index in [1.807, 2.05) is 0 Å². The largest absolute Gasteiger partial charge is 0.496 e. The average molecular weight is 580 g/mol. The van der Waals surface area contributed by atoms with Crippen molar-refractivity contribution in [2.24, 2.45) is 0 Å². The van der Waals surface area contributed by atoms with Gasteiger partial charge in [-0.1, -0.05) is 11.2 Å². The van der Waals surface area contributed by atoms with Gasteiger partial charge in [-0.3, -0.25) is 9.69 Å². The maximum atomic E-state index is 13.0. The zero-order valence-corrected chi connectivity index (χ0v) is 22.2. The van der Waals surface area contributed by atoms with Gasteiger partial charge in [0.2, 0.25) is 0 Å². The van der Waals surface area contributed by atoms with Gasteiger partial charge >= 0.3 is 18.2 Å². The Kier molecular flexibility index (Phi) is 9.62. The van der Waals surface area contributed by atoms with E-state index in [0.717, 1.165) is 46.4 Å². The summed E-state index contributed by atoms with van der Waals surface area (Å²) in [6.07, 6.45) is -4.40. The molecule has 2 N–H and O–H groups in total. The Morgan fingerprint density at radius 3 is 2.51 bits per heavy atom. The minimum absolute atomic E-state index is 0.171. The normalized spacial score (nSPS) is 13.9. The number of anilines is 2. The average Bonchev–Trinajstić information content (AvgIpc) is 3.44. The minimum atomic E-state index is -5.27. The first kappa shape index (κ1) is 29.6. The number of ether oxygens (including phenoxy) is 4. The van der Waals surface area contributed by atoms with Crippen LogP contribution in [0.2, 0.25) is 0 Å². The molecule has 0 radical (unpaired) electrons. The summed E-state index contributed by atoms with van der Waals surface area (Å²) in [4.78, 5) is 26.7.